The number of benzene rings is 1. The molecule has 0 amide bonds. The Hall–Kier alpha value is -2.54. The van der Waals surface area contributed by atoms with E-state index < -0.39 is 0 Å². The van der Waals surface area contributed by atoms with Gasteiger partial charge in [-0.25, -0.2) is 4.98 Å². The fourth-order valence-corrected chi connectivity index (χ4v) is 2.78. The first-order chi connectivity index (χ1) is 10.2. The Bertz CT molecular complexity index is 718. The fourth-order valence-electron chi connectivity index (χ4n) is 2.78. The van der Waals surface area contributed by atoms with Crippen LogP contribution in [-0.4, -0.2) is 17.1 Å². The Morgan fingerprint density at radius 1 is 1.24 bits per heavy atom. The van der Waals surface area contributed by atoms with Gasteiger partial charge in [0.15, 0.2) is 5.82 Å². The van der Waals surface area contributed by atoms with Gasteiger partial charge in [-0.05, 0) is 49.4 Å². The molecule has 1 aromatic carbocycles. The van der Waals surface area contributed by atoms with Gasteiger partial charge in [-0.1, -0.05) is 6.07 Å². The van der Waals surface area contributed by atoms with E-state index >= 15 is 0 Å². The van der Waals surface area contributed by atoms with Crippen LogP contribution in [0.2, 0.25) is 0 Å². The highest BCUT2D eigenvalue weighted by atomic mass is 16.3. The average molecular weight is 279 g/mol. The number of aryl methyl sites for hydroxylation is 2. The third kappa shape index (κ3) is 2.55. The maximum Gasteiger partial charge on any atom is 0.151 e. The Labute approximate surface area is 124 Å². The normalized spacial score (nSPS) is 13.3. The van der Waals surface area contributed by atoms with Crippen LogP contribution < -0.4 is 4.90 Å². The number of hydrogen-bond donors (Lipinski definition) is 1. The highest BCUT2D eigenvalue weighted by Gasteiger charge is 2.18. The van der Waals surface area contributed by atoms with Crippen molar-refractivity contribution < 1.29 is 5.11 Å². The Morgan fingerprint density at radius 2 is 2.05 bits per heavy atom. The molecule has 0 spiro atoms. The van der Waals surface area contributed by atoms with Crippen molar-refractivity contribution in [2.24, 2.45) is 0 Å². The molecule has 1 heterocycles. The van der Waals surface area contributed by atoms with E-state index in [0.29, 0.717) is 11.4 Å². The van der Waals surface area contributed by atoms with Gasteiger partial charge in [0.05, 0.1) is 5.56 Å². The minimum Gasteiger partial charge on any atom is -0.508 e. The minimum absolute atomic E-state index is 0.204. The summed E-state index contributed by atoms with van der Waals surface area (Å²) in [6.45, 7) is 0. The van der Waals surface area contributed by atoms with E-state index in [1.165, 1.54) is 12.0 Å². The molecule has 3 rings (SSSR count). The lowest BCUT2D eigenvalue weighted by molar-refractivity contribution is 0.475. The van der Waals surface area contributed by atoms with Crippen LogP contribution in [0.3, 0.4) is 0 Å². The smallest absolute Gasteiger partial charge is 0.151 e. The van der Waals surface area contributed by atoms with Crippen LogP contribution >= 0.6 is 0 Å². The number of nitrogens with zero attached hydrogens (tertiary/aromatic N) is 3. The van der Waals surface area contributed by atoms with E-state index in [4.69, 9.17) is 4.98 Å². The number of fused-ring (bicyclic) bond motifs is 1. The van der Waals surface area contributed by atoms with Gasteiger partial charge in [0, 0.05) is 24.5 Å². The summed E-state index contributed by atoms with van der Waals surface area (Å²) in [6, 6.07) is 11.2. The van der Waals surface area contributed by atoms with Gasteiger partial charge in [-0.2, -0.15) is 5.26 Å². The first-order valence-electron chi connectivity index (χ1n) is 7.14. The van der Waals surface area contributed by atoms with E-state index in [0.717, 1.165) is 30.6 Å². The van der Waals surface area contributed by atoms with Gasteiger partial charge in [0.1, 0.15) is 11.8 Å². The SMILES string of the molecule is CN(c1cccc(O)c1)c1nc2c(cc1C#N)CCCC2. The molecule has 4 heteroatoms. The molecular formula is C17H17N3O. The van der Waals surface area contributed by atoms with Crippen LogP contribution in [0.25, 0.3) is 0 Å². The van der Waals surface area contributed by atoms with Crippen molar-refractivity contribution in [3.05, 3.63) is 47.2 Å². The topological polar surface area (TPSA) is 60.1 Å². The van der Waals surface area contributed by atoms with Crippen molar-refractivity contribution in [3.8, 4) is 11.8 Å². The van der Waals surface area contributed by atoms with Crippen molar-refractivity contribution in [3.63, 3.8) is 0 Å². The van der Waals surface area contributed by atoms with E-state index in [1.807, 2.05) is 24.1 Å². The van der Waals surface area contributed by atoms with Crippen molar-refractivity contribution >= 4 is 11.5 Å². The van der Waals surface area contributed by atoms with Crippen LogP contribution in [0.1, 0.15) is 29.7 Å². The highest BCUT2D eigenvalue weighted by Crippen LogP contribution is 2.30. The van der Waals surface area contributed by atoms with Crippen LogP contribution in [0.15, 0.2) is 30.3 Å². The molecule has 4 nitrogen and oxygen atoms in total. The zero-order chi connectivity index (χ0) is 14.8. The lowest BCUT2D eigenvalue weighted by atomic mass is 9.95. The summed E-state index contributed by atoms with van der Waals surface area (Å²) in [7, 11) is 1.87. The Kier molecular flexibility index (Phi) is 3.49. The second kappa shape index (κ2) is 5.45. The van der Waals surface area contributed by atoms with Crippen molar-refractivity contribution in [1.82, 2.24) is 4.98 Å². The number of aromatic nitrogens is 1. The monoisotopic (exact) mass is 279 g/mol. The number of phenolic OH excluding ortho intramolecular Hbond substituents is 1. The van der Waals surface area contributed by atoms with Gasteiger partial charge in [-0.15, -0.1) is 0 Å². The lowest BCUT2D eigenvalue weighted by Gasteiger charge is -2.23. The summed E-state index contributed by atoms with van der Waals surface area (Å²) in [4.78, 5) is 6.57. The Balaban J connectivity index is 2.07. The second-order valence-electron chi connectivity index (χ2n) is 5.36. The van der Waals surface area contributed by atoms with Crippen molar-refractivity contribution in [2.75, 3.05) is 11.9 Å². The first-order valence-corrected chi connectivity index (χ1v) is 7.14. The number of phenols is 1. The molecule has 0 bridgehead atoms. The molecule has 1 N–H and O–H groups in total. The third-order valence-electron chi connectivity index (χ3n) is 3.94. The predicted molar refractivity (Wildman–Crippen MR) is 81.8 cm³/mol. The molecule has 0 atom stereocenters. The number of aromatic hydroxyl groups is 1. The molecule has 1 aliphatic rings. The summed E-state index contributed by atoms with van der Waals surface area (Å²) < 4.78 is 0. The Morgan fingerprint density at radius 3 is 2.81 bits per heavy atom. The zero-order valence-electron chi connectivity index (χ0n) is 12.0. The van der Waals surface area contributed by atoms with Gasteiger partial charge in [-0.3, -0.25) is 0 Å². The number of nitriles is 1. The van der Waals surface area contributed by atoms with E-state index in [1.54, 1.807) is 18.2 Å². The van der Waals surface area contributed by atoms with E-state index in [9.17, 15) is 10.4 Å². The molecule has 0 fully saturated rings. The highest BCUT2D eigenvalue weighted by molar-refractivity contribution is 5.67. The second-order valence-corrected chi connectivity index (χ2v) is 5.36. The van der Waals surface area contributed by atoms with Gasteiger partial charge in [0.25, 0.3) is 0 Å². The molecule has 0 aliphatic heterocycles. The quantitative estimate of drug-likeness (QED) is 0.916. The molecule has 0 saturated carbocycles. The molecular weight excluding hydrogens is 262 g/mol. The summed E-state index contributed by atoms with van der Waals surface area (Å²) in [6.07, 6.45) is 4.30. The van der Waals surface area contributed by atoms with Crippen LogP contribution in [-0.2, 0) is 12.8 Å². The van der Waals surface area contributed by atoms with Gasteiger partial charge >= 0.3 is 0 Å². The van der Waals surface area contributed by atoms with Crippen molar-refractivity contribution in [1.29, 1.82) is 5.26 Å². The zero-order valence-corrected chi connectivity index (χ0v) is 12.0. The third-order valence-corrected chi connectivity index (χ3v) is 3.94. The number of hydrogen-bond acceptors (Lipinski definition) is 4. The lowest BCUT2D eigenvalue weighted by Crippen LogP contribution is -2.16. The fraction of sp³-hybridized carbons (Fsp3) is 0.294. The van der Waals surface area contributed by atoms with Crippen LogP contribution in [0, 0.1) is 11.3 Å². The summed E-state index contributed by atoms with van der Waals surface area (Å²) >= 11 is 0. The molecule has 0 unspecified atom stereocenters. The van der Waals surface area contributed by atoms with Crippen LogP contribution in [0.5, 0.6) is 5.75 Å². The molecule has 106 valence electrons. The molecule has 21 heavy (non-hydrogen) atoms. The van der Waals surface area contributed by atoms with Crippen LogP contribution in [0.4, 0.5) is 11.5 Å². The van der Waals surface area contributed by atoms with E-state index in [2.05, 4.69) is 6.07 Å². The summed E-state index contributed by atoms with van der Waals surface area (Å²) in [5, 5.41) is 19.0. The van der Waals surface area contributed by atoms with Crippen molar-refractivity contribution in [2.45, 2.75) is 25.7 Å². The van der Waals surface area contributed by atoms with E-state index in [-0.39, 0.29) is 5.75 Å². The first kappa shape index (κ1) is 13.4. The average Bonchev–Trinajstić information content (AvgIpc) is 2.53. The maximum absolute atomic E-state index is 9.62. The molecule has 2 aromatic rings. The largest absolute Gasteiger partial charge is 0.508 e. The number of rotatable bonds is 2. The molecule has 1 aliphatic carbocycles. The standard InChI is InChI=1S/C17H17N3O/c1-20(14-6-4-7-15(21)10-14)17-13(11-18)9-12-5-2-3-8-16(12)19-17/h4,6-7,9-10,21H,2-3,5,8H2,1H3. The predicted octanol–water partition coefficient (Wildman–Crippen LogP) is 3.31. The molecule has 0 radical (unpaired) electrons. The minimum atomic E-state index is 0.204. The summed E-state index contributed by atoms with van der Waals surface area (Å²) in [5.41, 5.74) is 3.70. The maximum atomic E-state index is 9.62. The number of anilines is 2. The van der Waals surface area contributed by atoms with Gasteiger partial charge < -0.3 is 10.0 Å². The van der Waals surface area contributed by atoms with Gasteiger partial charge in [0.2, 0.25) is 0 Å². The molecule has 1 aromatic heterocycles. The number of pyridine rings is 1. The summed E-state index contributed by atoms with van der Waals surface area (Å²) in [5.74, 6) is 0.861. The molecule has 0 saturated heterocycles.